The number of nitrogens with zero attached hydrogens (tertiary/aromatic N) is 1. The quantitative estimate of drug-likeness (QED) is 0.352. The Bertz CT molecular complexity index is 746. The van der Waals surface area contributed by atoms with Crippen molar-refractivity contribution in [2.75, 3.05) is 18.5 Å². The Morgan fingerprint density at radius 3 is 2.28 bits per heavy atom. The minimum absolute atomic E-state index is 0.171. The molecule has 1 aromatic carbocycles. The second kappa shape index (κ2) is 8.98. The predicted molar refractivity (Wildman–Crippen MR) is 97.3 cm³/mol. The first-order valence-corrected chi connectivity index (χ1v) is 8.76. The summed E-state index contributed by atoms with van der Waals surface area (Å²) in [6, 6.07) is 8.02. The maximum atomic E-state index is 11.9. The van der Waals surface area contributed by atoms with Crippen molar-refractivity contribution in [3.8, 4) is 11.3 Å². The summed E-state index contributed by atoms with van der Waals surface area (Å²) in [4.78, 5) is 28.2. The summed E-state index contributed by atoms with van der Waals surface area (Å²) in [6.07, 6.45) is 1.27. The standard InChI is InChI=1S/C18H20N2O4S/c1-4-23-16(21)14(17(22)24-5-2)10-19-18-20-15(11-25-18)13-8-6-12(3)7-9-13/h6-11H,4-5H2,1-3H3,(H,19,20). The van der Waals surface area contributed by atoms with Crippen LogP contribution in [0, 0.1) is 6.92 Å². The Balaban J connectivity index is 2.15. The van der Waals surface area contributed by atoms with Crippen molar-refractivity contribution in [3.05, 3.63) is 47.0 Å². The molecular weight excluding hydrogens is 340 g/mol. The molecule has 0 amide bonds. The zero-order valence-corrected chi connectivity index (χ0v) is 15.2. The number of ether oxygens (including phenoxy) is 2. The average molecular weight is 360 g/mol. The van der Waals surface area contributed by atoms with Gasteiger partial charge >= 0.3 is 11.9 Å². The summed E-state index contributed by atoms with van der Waals surface area (Å²) in [5, 5.41) is 5.32. The topological polar surface area (TPSA) is 77.5 Å². The van der Waals surface area contributed by atoms with Crippen LogP contribution in [-0.4, -0.2) is 30.1 Å². The van der Waals surface area contributed by atoms with Gasteiger partial charge in [0.05, 0.1) is 18.9 Å². The van der Waals surface area contributed by atoms with Crippen LogP contribution in [0.25, 0.3) is 11.3 Å². The largest absolute Gasteiger partial charge is 0.462 e. The lowest BCUT2D eigenvalue weighted by atomic mass is 10.1. The molecule has 0 fully saturated rings. The van der Waals surface area contributed by atoms with Crippen LogP contribution in [-0.2, 0) is 19.1 Å². The summed E-state index contributed by atoms with van der Waals surface area (Å²) >= 11 is 1.37. The molecule has 0 aliphatic heterocycles. The van der Waals surface area contributed by atoms with E-state index in [0.717, 1.165) is 11.3 Å². The van der Waals surface area contributed by atoms with E-state index >= 15 is 0 Å². The molecule has 0 aliphatic rings. The van der Waals surface area contributed by atoms with Crippen LogP contribution in [0.3, 0.4) is 0 Å². The van der Waals surface area contributed by atoms with E-state index in [9.17, 15) is 9.59 Å². The second-order valence-corrected chi connectivity index (χ2v) is 5.91. The fourth-order valence-corrected chi connectivity index (χ4v) is 2.64. The molecule has 1 aromatic heterocycles. The first-order valence-electron chi connectivity index (χ1n) is 7.88. The molecular formula is C18H20N2O4S. The number of carbonyl (C=O) groups excluding carboxylic acids is 2. The Kier molecular flexibility index (Phi) is 6.71. The molecule has 0 unspecified atom stereocenters. The van der Waals surface area contributed by atoms with Gasteiger partial charge in [-0.05, 0) is 20.8 Å². The van der Waals surface area contributed by atoms with E-state index < -0.39 is 11.9 Å². The second-order valence-electron chi connectivity index (χ2n) is 5.05. The molecule has 132 valence electrons. The molecule has 1 N–H and O–H groups in total. The third-order valence-corrected chi connectivity index (χ3v) is 3.96. The minimum atomic E-state index is -0.733. The Labute approximate surface area is 150 Å². The molecule has 2 aromatic rings. The molecule has 0 spiro atoms. The molecule has 7 heteroatoms. The number of carbonyl (C=O) groups is 2. The van der Waals surface area contributed by atoms with Gasteiger partial charge in [-0.15, -0.1) is 11.3 Å². The molecule has 1 heterocycles. The zero-order chi connectivity index (χ0) is 18.2. The van der Waals surface area contributed by atoms with Crippen molar-refractivity contribution in [2.45, 2.75) is 20.8 Å². The van der Waals surface area contributed by atoms with Crippen LogP contribution in [0.5, 0.6) is 0 Å². The van der Waals surface area contributed by atoms with Gasteiger partial charge in [0.1, 0.15) is 0 Å². The Hall–Kier alpha value is -2.67. The van der Waals surface area contributed by atoms with Crippen LogP contribution in [0.15, 0.2) is 41.4 Å². The van der Waals surface area contributed by atoms with Gasteiger partial charge in [-0.2, -0.15) is 0 Å². The number of thiazole rings is 1. The first-order chi connectivity index (χ1) is 12.0. The van der Waals surface area contributed by atoms with Crippen molar-refractivity contribution in [1.29, 1.82) is 0 Å². The van der Waals surface area contributed by atoms with Gasteiger partial charge in [0.25, 0.3) is 0 Å². The van der Waals surface area contributed by atoms with Crippen molar-refractivity contribution in [3.63, 3.8) is 0 Å². The molecule has 6 nitrogen and oxygen atoms in total. The number of anilines is 1. The lowest BCUT2D eigenvalue weighted by molar-refractivity contribution is -0.146. The van der Waals surface area contributed by atoms with Crippen LogP contribution >= 0.6 is 11.3 Å². The number of rotatable bonds is 7. The maximum Gasteiger partial charge on any atom is 0.347 e. The van der Waals surface area contributed by atoms with E-state index in [1.807, 2.05) is 36.6 Å². The summed E-state index contributed by atoms with van der Waals surface area (Å²) in [5.74, 6) is -1.47. The highest BCUT2D eigenvalue weighted by atomic mass is 32.1. The summed E-state index contributed by atoms with van der Waals surface area (Å²) in [6.45, 7) is 5.70. The van der Waals surface area contributed by atoms with Gasteiger partial charge in [0.2, 0.25) is 0 Å². The summed E-state index contributed by atoms with van der Waals surface area (Å²) in [5.41, 5.74) is 2.79. The average Bonchev–Trinajstić information content (AvgIpc) is 3.05. The smallest absolute Gasteiger partial charge is 0.347 e. The molecule has 2 rings (SSSR count). The molecule has 0 atom stereocenters. The van der Waals surface area contributed by atoms with E-state index in [2.05, 4.69) is 10.3 Å². The number of nitrogens with one attached hydrogen (secondary N) is 1. The number of benzene rings is 1. The third kappa shape index (κ3) is 5.15. The fourth-order valence-electron chi connectivity index (χ4n) is 1.95. The molecule has 0 saturated carbocycles. The van der Waals surface area contributed by atoms with E-state index in [-0.39, 0.29) is 18.8 Å². The predicted octanol–water partition coefficient (Wildman–Crippen LogP) is 3.54. The minimum Gasteiger partial charge on any atom is -0.462 e. The normalized spacial score (nSPS) is 10.0. The van der Waals surface area contributed by atoms with Crippen LogP contribution in [0.1, 0.15) is 19.4 Å². The summed E-state index contributed by atoms with van der Waals surface area (Å²) in [7, 11) is 0. The Morgan fingerprint density at radius 1 is 1.12 bits per heavy atom. The van der Waals surface area contributed by atoms with Crippen LogP contribution < -0.4 is 5.32 Å². The van der Waals surface area contributed by atoms with Crippen molar-refractivity contribution >= 4 is 28.4 Å². The molecule has 0 saturated heterocycles. The van der Waals surface area contributed by atoms with Crippen molar-refractivity contribution in [2.24, 2.45) is 0 Å². The lowest BCUT2D eigenvalue weighted by Crippen LogP contribution is -2.19. The molecule has 25 heavy (non-hydrogen) atoms. The number of aromatic nitrogens is 1. The van der Waals surface area contributed by atoms with E-state index in [1.54, 1.807) is 13.8 Å². The van der Waals surface area contributed by atoms with Crippen LogP contribution in [0.4, 0.5) is 5.13 Å². The van der Waals surface area contributed by atoms with E-state index in [1.165, 1.54) is 23.1 Å². The lowest BCUT2D eigenvalue weighted by Gasteiger charge is -2.06. The maximum absolute atomic E-state index is 11.9. The van der Waals surface area contributed by atoms with Gasteiger partial charge in [-0.25, -0.2) is 14.6 Å². The van der Waals surface area contributed by atoms with Gasteiger partial charge in [0, 0.05) is 17.1 Å². The van der Waals surface area contributed by atoms with Gasteiger partial charge < -0.3 is 14.8 Å². The van der Waals surface area contributed by atoms with Gasteiger partial charge in [-0.3, -0.25) is 0 Å². The fraction of sp³-hybridized carbons (Fsp3) is 0.278. The van der Waals surface area contributed by atoms with Crippen molar-refractivity contribution < 1.29 is 19.1 Å². The zero-order valence-electron chi connectivity index (χ0n) is 14.4. The third-order valence-electron chi connectivity index (χ3n) is 3.18. The molecule has 0 bridgehead atoms. The van der Waals surface area contributed by atoms with Gasteiger partial charge in [-0.1, -0.05) is 29.8 Å². The number of hydrogen-bond acceptors (Lipinski definition) is 7. The summed E-state index contributed by atoms with van der Waals surface area (Å²) < 4.78 is 9.76. The van der Waals surface area contributed by atoms with Crippen molar-refractivity contribution in [1.82, 2.24) is 4.98 Å². The van der Waals surface area contributed by atoms with Crippen LogP contribution in [0.2, 0.25) is 0 Å². The number of hydrogen-bond donors (Lipinski definition) is 1. The highest BCUT2D eigenvalue weighted by Crippen LogP contribution is 2.25. The monoisotopic (exact) mass is 360 g/mol. The number of esters is 2. The van der Waals surface area contributed by atoms with E-state index in [4.69, 9.17) is 9.47 Å². The van der Waals surface area contributed by atoms with Gasteiger partial charge in [0.15, 0.2) is 10.7 Å². The molecule has 0 radical (unpaired) electrons. The Morgan fingerprint density at radius 2 is 1.72 bits per heavy atom. The highest BCUT2D eigenvalue weighted by Gasteiger charge is 2.21. The highest BCUT2D eigenvalue weighted by molar-refractivity contribution is 7.14. The number of aryl methyl sites for hydroxylation is 1. The van der Waals surface area contributed by atoms with E-state index in [0.29, 0.717) is 5.13 Å². The molecule has 0 aliphatic carbocycles. The SMILES string of the molecule is CCOC(=O)C(=CNc1nc(-c2ccc(C)cc2)cs1)C(=O)OCC. The first kappa shape index (κ1) is 18.7.